The van der Waals surface area contributed by atoms with Crippen LogP contribution in [0, 0.1) is 6.92 Å². The molecule has 0 aliphatic rings. The molecular formula is C20H20N4O2. The predicted molar refractivity (Wildman–Crippen MR) is 99.1 cm³/mol. The van der Waals surface area contributed by atoms with Crippen LogP contribution in [-0.4, -0.2) is 21.0 Å². The second kappa shape index (κ2) is 8.73. The van der Waals surface area contributed by atoms with E-state index in [-0.39, 0.29) is 6.61 Å². The average molecular weight is 348 g/mol. The molecule has 0 saturated carbocycles. The van der Waals surface area contributed by atoms with Gasteiger partial charge in [-0.1, -0.05) is 36.4 Å². The Morgan fingerprint density at radius 2 is 1.88 bits per heavy atom. The largest absolute Gasteiger partial charge is 0.471 e. The summed E-state index contributed by atoms with van der Waals surface area (Å²) in [4.78, 5) is 13.1. The highest BCUT2D eigenvalue weighted by molar-refractivity contribution is 6.00. The number of hydrogen-bond donors (Lipinski definition) is 2. The molecule has 2 N–H and O–H groups in total. The van der Waals surface area contributed by atoms with Crippen LogP contribution >= 0.6 is 0 Å². The van der Waals surface area contributed by atoms with Gasteiger partial charge in [0.25, 0.3) is 0 Å². The van der Waals surface area contributed by atoms with Gasteiger partial charge >= 0.3 is 0 Å². The molecule has 0 bridgehead atoms. The normalized spacial score (nSPS) is 11.2. The topological polar surface area (TPSA) is 79.6 Å². The van der Waals surface area contributed by atoms with Gasteiger partial charge in [0.15, 0.2) is 5.84 Å². The van der Waals surface area contributed by atoms with Gasteiger partial charge in [-0.05, 0) is 36.8 Å². The van der Waals surface area contributed by atoms with Crippen LogP contribution in [-0.2, 0) is 13.2 Å². The Hall–Kier alpha value is -3.25. The van der Waals surface area contributed by atoms with E-state index in [0.29, 0.717) is 23.8 Å². The summed E-state index contributed by atoms with van der Waals surface area (Å²) in [7, 11) is 0. The lowest BCUT2D eigenvalue weighted by molar-refractivity contribution is 0.233. The number of hydrogen-bond acceptors (Lipinski definition) is 5. The molecule has 26 heavy (non-hydrogen) atoms. The van der Waals surface area contributed by atoms with Crippen molar-refractivity contribution >= 4 is 5.84 Å². The molecule has 6 nitrogen and oxygen atoms in total. The van der Waals surface area contributed by atoms with Gasteiger partial charge in [0.2, 0.25) is 5.88 Å². The minimum atomic E-state index is 0.279. The zero-order valence-corrected chi connectivity index (χ0v) is 14.5. The van der Waals surface area contributed by atoms with E-state index in [9.17, 15) is 5.21 Å². The summed E-state index contributed by atoms with van der Waals surface area (Å²) in [6.07, 6.45) is 1.71. The van der Waals surface area contributed by atoms with Gasteiger partial charge in [0, 0.05) is 11.9 Å². The fraction of sp³-hybridized carbons (Fsp3) is 0.150. The van der Waals surface area contributed by atoms with Gasteiger partial charge in [-0.2, -0.15) is 0 Å². The molecule has 132 valence electrons. The Bertz CT molecular complexity index is 867. The first-order valence-electron chi connectivity index (χ1n) is 8.25. The maximum absolute atomic E-state index is 9.56. The second-order valence-corrected chi connectivity index (χ2v) is 5.68. The third-order valence-electron chi connectivity index (χ3n) is 3.71. The molecule has 0 aliphatic carbocycles. The molecule has 0 fully saturated rings. The van der Waals surface area contributed by atoms with Crippen LogP contribution < -0.4 is 10.2 Å². The third-order valence-corrected chi connectivity index (χ3v) is 3.71. The molecule has 0 radical (unpaired) electrons. The van der Waals surface area contributed by atoms with Crippen LogP contribution in [0.3, 0.4) is 0 Å². The summed E-state index contributed by atoms with van der Waals surface area (Å²) in [5.74, 6) is 0.696. The molecule has 6 heteroatoms. The van der Waals surface area contributed by atoms with E-state index < -0.39 is 0 Å². The van der Waals surface area contributed by atoms with Crippen LogP contribution in [0.25, 0.3) is 0 Å². The number of benzene rings is 1. The number of rotatable bonds is 6. The number of aliphatic imine (C=N–C) groups is 1. The number of aryl methyl sites for hydroxylation is 1. The highest BCUT2D eigenvalue weighted by Crippen LogP contribution is 2.18. The van der Waals surface area contributed by atoms with Crippen LogP contribution in [0.4, 0.5) is 0 Å². The SMILES string of the molecule is Cc1ccc(C(=NCc2ccccc2)NO)c(OCc2ccccn2)n1. The van der Waals surface area contributed by atoms with Crippen LogP contribution in [0.1, 0.15) is 22.5 Å². The number of hydroxylamine groups is 1. The number of amidine groups is 1. The van der Waals surface area contributed by atoms with Gasteiger partial charge in [-0.15, -0.1) is 0 Å². The molecule has 3 aromatic rings. The van der Waals surface area contributed by atoms with E-state index in [1.54, 1.807) is 6.20 Å². The van der Waals surface area contributed by atoms with Gasteiger partial charge in [0.1, 0.15) is 6.61 Å². The standard InChI is InChI=1S/C20H20N4O2/c1-15-10-11-18(19(24-25)22-13-16-7-3-2-4-8-16)20(23-15)26-14-17-9-5-6-12-21-17/h2-12,25H,13-14H2,1H3,(H,22,24). The minimum Gasteiger partial charge on any atom is -0.471 e. The molecule has 0 atom stereocenters. The van der Waals surface area contributed by atoms with Crippen molar-refractivity contribution in [3.8, 4) is 5.88 Å². The van der Waals surface area contributed by atoms with Gasteiger partial charge < -0.3 is 4.74 Å². The summed E-state index contributed by atoms with van der Waals surface area (Å²) in [5.41, 5.74) is 5.39. The summed E-state index contributed by atoms with van der Waals surface area (Å²) in [6.45, 7) is 2.59. The summed E-state index contributed by atoms with van der Waals surface area (Å²) in [5, 5.41) is 9.56. The van der Waals surface area contributed by atoms with Gasteiger partial charge in [0.05, 0.1) is 17.8 Å². The summed E-state index contributed by atoms with van der Waals surface area (Å²) >= 11 is 0. The number of ether oxygens (including phenoxy) is 1. The number of nitrogens with one attached hydrogen (secondary N) is 1. The lowest BCUT2D eigenvalue weighted by atomic mass is 10.2. The molecule has 3 rings (SSSR count). The first-order chi connectivity index (χ1) is 12.8. The third kappa shape index (κ3) is 4.64. The monoisotopic (exact) mass is 348 g/mol. The number of aromatic nitrogens is 2. The maximum atomic E-state index is 9.56. The van der Waals surface area contributed by atoms with E-state index >= 15 is 0 Å². The van der Waals surface area contributed by atoms with Crippen LogP contribution in [0.2, 0.25) is 0 Å². The number of nitrogens with zero attached hydrogens (tertiary/aromatic N) is 3. The van der Waals surface area contributed by atoms with Crippen molar-refractivity contribution in [1.82, 2.24) is 15.4 Å². The van der Waals surface area contributed by atoms with E-state index in [4.69, 9.17) is 4.74 Å². The minimum absolute atomic E-state index is 0.279. The second-order valence-electron chi connectivity index (χ2n) is 5.68. The van der Waals surface area contributed by atoms with Crippen molar-refractivity contribution in [2.75, 3.05) is 0 Å². The van der Waals surface area contributed by atoms with E-state index in [1.807, 2.05) is 67.6 Å². The van der Waals surface area contributed by atoms with E-state index in [1.165, 1.54) is 0 Å². The number of pyridine rings is 2. The van der Waals surface area contributed by atoms with Gasteiger partial charge in [-0.3, -0.25) is 20.7 Å². The molecular weight excluding hydrogens is 328 g/mol. The van der Waals surface area contributed by atoms with Crippen molar-refractivity contribution < 1.29 is 9.94 Å². The van der Waals surface area contributed by atoms with Gasteiger partial charge in [-0.25, -0.2) is 4.98 Å². The predicted octanol–water partition coefficient (Wildman–Crippen LogP) is 3.29. The first kappa shape index (κ1) is 17.6. The van der Waals surface area contributed by atoms with E-state index in [2.05, 4.69) is 20.4 Å². The lowest BCUT2D eigenvalue weighted by Crippen LogP contribution is -2.22. The highest BCUT2D eigenvalue weighted by atomic mass is 16.5. The quantitative estimate of drug-likeness (QED) is 0.406. The molecule has 0 spiro atoms. The smallest absolute Gasteiger partial charge is 0.225 e. The fourth-order valence-corrected chi connectivity index (χ4v) is 2.38. The zero-order chi connectivity index (χ0) is 18.2. The Morgan fingerprint density at radius 1 is 1.08 bits per heavy atom. The first-order valence-corrected chi connectivity index (χ1v) is 8.25. The lowest BCUT2D eigenvalue weighted by Gasteiger charge is -2.12. The maximum Gasteiger partial charge on any atom is 0.225 e. The summed E-state index contributed by atoms with van der Waals surface area (Å²) < 4.78 is 5.83. The molecule has 0 saturated heterocycles. The molecule has 0 aliphatic heterocycles. The highest BCUT2D eigenvalue weighted by Gasteiger charge is 2.13. The Morgan fingerprint density at radius 3 is 2.62 bits per heavy atom. The van der Waals surface area contributed by atoms with Crippen molar-refractivity contribution in [3.05, 3.63) is 89.4 Å². The Kier molecular flexibility index (Phi) is 5.90. The Labute approximate surface area is 152 Å². The van der Waals surface area contributed by atoms with Crippen LogP contribution in [0.5, 0.6) is 5.88 Å². The molecule has 2 heterocycles. The molecule has 2 aromatic heterocycles. The zero-order valence-electron chi connectivity index (χ0n) is 14.5. The van der Waals surface area contributed by atoms with Crippen molar-refractivity contribution in [1.29, 1.82) is 0 Å². The average Bonchev–Trinajstić information content (AvgIpc) is 2.69. The van der Waals surface area contributed by atoms with E-state index in [0.717, 1.165) is 17.0 Å². The van der Waals surface area contributed by atoms with Crippen molar-refractivity contribution in [2.45, 2.75) is 20.1 Å². The Balaban J connectivity index is 1.82. The molecule has 1 aromatic carbocycles. The molecule has 0 amide bonds. The fourth-order valence-electron chi connectivity index (χ4n) is 2.38. The summed E-state index contributed by atoms with van der Waals surface area (Å²) in [6, 6.07) is 19.1. The van der Waals surface area contributed by atoms with Crippen molar-refractivity contribution in [2.24, 2.45) is 4.99 Å². The van der Waals surface area contributed by atoms with Crippen molar-refractivity contribution in [3.63, 3.8) is 0 Å². The van der Waals surface area contributed by atoms with Crippen LogP contribution in [0.15, 0.2) is 71.9 Å². The molecule has 0 unspecified atom stereocenters.